The Balaban J connectivity index is 2.20. The first kappa shape index (κ1) is 13.9. The van der Waals surface area contributed by atoms with Crippen LogP contribution in [0.3, 0.4) is 0 Å². The lowest BCUT2D eigenvalue weighted by Gasteiger charge is -2.12. The lowest BCUT2D eigenvalue weighted by molar-refractivity contribution is 0.477. The van der Waals surface area contributed by atoms with E-state index in [1.165, 1.54) is 12.1 Å². The number of aliphatic imine (C=N–C) groups is 1. The molecule has 2 rings (SSSR count). The van der Waals surface area contributed by atoms with Gasteiger partial charge in [-0.2, -0.15) is 10.5 Å². The fourth-order valence-electron chi connectivity index (χ4n) is 1.63. The highest BCUT2D eigenvalue weighted by Gasteiger charge is 2.06. The molecule has 6 nitrogen and oxygen atoms in total. The minimum absolute atomic E-state index is 0.102. The van der Waals surface area contributed by atoms with Crippen molar-refractivity contribution in [3.63, 3.8) is 0 Å². The van der Waals surface area contributed by atoms with E-state index in [1.54, 1.807) is 12.3 Å². The van der Waals surface area contributed by atoms with Crippen molar-refractivity contribution in [1.29, 1.82) is 10.5 Å². The molecule has 0 atom stereocenters. The van der Waals surface area contributed by atoms with Crippen LogP contribution in [0.25, 0.3) is 0 Å². The van der Waals surface area contributed by atoms with Crippen LogP contribution in [0.2, 0.25) is 0 Å². The number of phenols is 1. The summed E-state index contributed by atoms with van der Waals surface area (Å²) in [7, 11) is 0. The van der Waals surface area contributed by atoms with E-state index in [1.807, 2.05) is 36.4 Å². The van der Waals surface area contributed by atoms with Gasteiger partial charge in [0.25, 0.3) is 0 Å². The molecule has 0 saturated carbocycles. The highest BCUT2D eigenvalue weighted by Crippen LogP contribution is 2.24. The predicted molar refractivity (Wildman–Crippen MR) is 79.6 cm³/mol. The molecule has 21 heavy (non-hydrogen) atoms. The third-order valence-corrected chi connectivity index (χ3v) is 2.58. The van der Waals surface area contributed by atoms with E-state index in [-0.39, 0.29) is 11.7 Å². The summed E-state index contributed by atoms with van der Waals surface area (Å²) in [6.45, 7) is 0. The van der Waals surface area contributed by atoms with Crippen LogP contribution < -0.4 is 10.6 Å². The molecule has 0 bridgehead atoms. The summed E-state index contributed by atoms with van der Waals surface area (Å²) < 4.78 is 0. The van der Waals surface area contributed by atoms with Gasteiger partial charge in [0.05, 0.1) is 17.3 Å². The van der Waals surface area contributed by atoms with E-state index < -0.39 is 0 Å². The topological polar surface area (TPSA) is 104 Å². The molecule has 0 aromatic heterocycles. The van der Waals surface area contributed by atoms with Gasteiger partial charge in [-0.15, -0.1) is 4.99 Å². The number of rotatable bonds is 2. The van der Waals surface area contributed by atoms with E-state index in [0.29, 0.717) is 11.3 Å². The number of nitrogens with one attached hydrogen (secondary N) is 2. The molecule has 0 radical (unpaired) electrons. The van der Waals surface area contributed by atoms with Gasteiger partial charge in [-0.05, 0) is 30.3 Å². The zero-order valence-corrected chi connectivity index (χ0v) is 10.9. The fourth-order valence-corrected chi connectivity index (χ4v) is 1.63. The molecule has 0 aliphatic carbocycles. The van der Waals surface area contributed by atoms with Crippen LogP contribution in [0.15, 0.2) is 53.5 Å². The Hall–Kier alpha value is -3.51. The number of nitriles is 2. The monoisotopic (exact) mass is 277 g/mol. The number of aromatic hydroxyl groups is 1. The Morgan fingerprint density at radius 3 is 2.43 bits per heavy atom. The molecule has 0 saturated heterocycles. The lowest BCUT2D eigenvalue weighted by Crippen LogP contribution is -2.21. The summed E-state index contributed by atoms with van der Waals surface area (Å²) in [5.74, 6) is 0.0678. The quantitative estimate of drug-likeness (QED) is 0.339. The summed E-state index contributed by atoms with van der Waals surface area (Å²) in [5.41, 5.74) is 1.42. The zero-order valence-electron chi connectivity index (χ0n) is 10.9. The predicted octanol–water partition coefficient (Wildman–Crippen LogP) is 2.62. The zero-order chi connectivity index (χ0) is 15.1. The summed E-state index contributed by atoms with van der Waals surface area (Å²) in [4.78, 5) is 3.62. The van der Waals surface area contributed by atoms with E-state index in [9.17, 15) is 5.11 Å². The van der Waals surface area contributed by atoms with Crippen molar-refractivity contribution in [3.8, 4) is 18.0 Å². The van der Waals surface area contributed by atoms with E-state index in [4.69, 9.17) is 10.5 Å². The van der Waals surface area contributed by atoms with Crippen LogP contribution >= 0.6 is 0 Å². The number of nitrogens with zero attached hydrogens (tertiary/aromatic N) is 3. The average molecular weight is 277 g/mol. The van der Waals surface area contributed by atoms with Gasteiger partial charge in [0, 0.05) is 5.69 Å². The smallest absolute Gasteiger partial charge is 0.216 e. The Labute approximate surface area is 121 Å². The van der Waals surface area contributed by atoms with Crippen molar-refractivity contribution in [2.75, 3.05) is 10.6 Å². The minimum atomic E-state index is -0.102. The van der Waals surface area contributed by atoms with Crippen LogP contribution in [0.5, 0.6) is 5.75 Å². The SMILES string of the molecule is N#C/N=C(/Nc1ccccc1)Nc1ccc(C#N)cc1O. The number of para-hydroxylation sites is 1. The third-order valence-electron chi connectivity index (χ3n) is 2.58. The molecular weight excluding hydrogens is 266 g/mol. The van der Waals surface area contributed by atoms with Gasteiger partial charge in [0.15, 0.2) is 0 Å². The third kappa shape index (κ3) is 3.72. The highest BCUT2D eigenvalue weighted by molar-refractivity contribution is 6.04. The van der Waals surface area contributed by atoms with Crippen LogP contribution in [-0.4, -0.2) is 11.1 Å². The van der Waals surface area contributed by atoms with Crippen molar-refractivity contribution < 1.29 is 5.11 Å². The highest BCUT2D eigenvalue weighted by atomic mass is 16.3. The first-order valence-electron chi connectivity index (χ1n) is 6.02. The van der Waals surface area contributed by atoms with Gasteiger partial charge < -0.3 is 15.7 Å². The molecular formula is C15H11N5O. The van der Waals surface area contributed by atoms with Crippen LogP contribution in [0.4, 0.5) is 11.4 Å². The maximum atomic E-state index is 9.83. The molecule has 102 valence electrons. The van der Waals surface area contributed by atoms with Crippen molar-refractivity contribution in [2.45, 2.75) is 0 Å². The summed E-state index contributed by atoms with van der Waals surface area (Å²) in [6, 6.07) is 15.5. The van der Waals surface area contributed by atoms with Gasteiger partial charge in [-0.25, -0.2) is 0 Å². The van der Waals surface area contributed by atoms with Gasteiger partial charge in [-0.1, -0.05) is 18.2 Å². The maximum absolute atomic E-state index is 9.83. The average Bonchev–Trinajstić information content (AvgIpc) is 2.50. The Morgan fingerprint density at radius 2 is 1.81 bits per heavy atom. The number of anilines is 2. The summed E-state index contributed by atoms with van der Waals surface area (Å²) in [5, 5.41) is 33.0. The molecule has 3 N–H and O–H groups in total. The Morgan fingerprint density at radius 1 is 1.05 bits per heavy atom. The first-order chi connectivity index (χ1) is 10.2. The van der Waals surface area contributed by atoms with Crippen molar-refractivity contribution in [2.24, 2.45) is 4.99 Å². The van der Waals surface area contributed by atoms with Gasteiger partial charge in [0.1, 0.15) is 5.75 Å². The molecule has 0 unspecified atom stereocenters. The minimum Gasteiger partial charge on any atom is -0.506 e. The number of hydrogen-bond donors (Lipinski definition) is 3. The number of benzene rings is 2. The summed E-state index contributed by atoms with van der Waals surface area (Å²) in [6.07, 6.45) is 1.68. The Kier molecular flexibility index (Phi) is 4.37. The summed E-state index contributed by atoms with van der Waals surface area (Å²) >= 11 is 0. The molecule has 0 heterocycles. The number of hydrogen-bond acceptors (Lipinski definition) is 4. The lowest BCUT2D eigenvalue weighted by atomic mass is 10.2. The first-order valence-corrected chi connectivity index (χ1v) is 6.02. The number of phenolic OH excluding ortho intramolecular Hbond substituents is 1. The second kappa shape index (κ2) is 6.60. The molecule has 6 heteroatoms. The van der Waals surface area contributed by atoms with Crippen LogP contribution in [0, 0.1) is 22.8 Å². The van der Waals surface area contributed by atoms with Crippen LogP contribution in [-0.2, 0) is 0 Å². The van der Waals surface area contributed by atoms with E-state index in [0.717, 1.165) is 5.69 Å². The Bertz CT molecular complexity index is 741. The second-order valence-electron chi connectivity index (χ2n) is 4.02. The van der Waals surface area contributed by atoms with Crippen LogP contribution in [0.1, 0.15) is 5.56 Å². The molecule has 2 aromatic carbocycles. The van der Waals surface area contributed by atoms with Crippen molar-refractivity contribution in [1.82, 2.24) is 0 Å². The van der Waals surface area contributed by atoms with E-state index in [2.05, 4.69) is 15.6 Å². The van der Waals surface area contributed by atoms with Crippen molar-refractivity contribution >= 4 is 17.3 Å². The normalized spacial score (nSPS) is 10.3. The van der Waals surface area contributed by atoms with E-state index >= 15 is 0 Å². The fraction of sp³-hybridized carbons (Fsp3) is 0. The molecule has 0 spiro atoms. The molecule has 0 aliphatic rings. The largest absolute Gasteiger partial charge is 0.506 e. The molecule has 0 amide bonds. The molecule has 0 aliphatic heterocycles. The maximum Gasteiger partial charge on any atom is 0.216 e. The molecule has 2 aromatic rings. The van der Waals surface area contributed by atoms with Gasteiger partial charge in [0.2, 0.25) is 12.2 Å². The second-order valence-corrected chi connectivity index (χ2v) is 4.02. The van der Waals surface area contributed by atoms with Gasteiger partial charge >= 0.3 is 0 Å². The van der Waals surface area contributed by atoms with Gasteiger partial charge in [-0.3, -0.25) is 0 Å². The number of guanidine groups is 1. The van der Waals surface area contributed by atoms with Crippen molar-refractivity contribution in [3.05, 3.63) is 54.1 Å². The standard InChI is InChI=1S/C15H11N5O/c16-9-11-6-7-13(14(21)8-11)20-15(18-10-17)19-12-4-2-1-3-5-12/h1-8,21H,(H2,18,19,20). The molecule has 0 fully saturated rings.